The summed E-state index contributed by atoms with van der Waals surface area (Å²) in [5.41, 5.74) is 0.889. The van der Waals surface area contributed by atoms with Gasteiger partial charge in [-0.15, -0.1) is 0 Å². The summed E-state index contributed by atoms with van der Waals surface area (Å²) in [5.74, 6) is -0.180. The highest BCUT2D eigenvalue weighted by molar-refractivity contribution is 5.82. The fourth-order valence-electron chi connectivity index (χ4n) is 4.76. The minimum Gasteiger partial charge on any atom is -0.352 e. The number of nitrogens with zero attached hydrogens (tertiary/aromatic N) is 1. The van der Waals surface area contributed by atoms with E-state index in [9.17, 15) is 14.0 Å². The molecule has 0 unspecified atom stereocenters. The average Bonchev–Trinajstić information content (AvgIpc) is 3.35. The van der Waals surface area contributed by atoms with Crippen molar-refractivity contribution in [2.45, 2.75) is 18.9 Å². The molecule has 4 atom stereocenters. The zero-order valence-corrected chi connectivity index (χ0v) is 15.6. The van der Waals surface area contributed by atoms with E-state index in [0.717, 1.165) is 6.42 Å². The second-order valence-corrected chi connectivity index (χ2v) is 7.78. The number of rotatable bonds is 4. The molecular formula is C23H20FN3O2. The second-order valence-electron chi connectivity index (χ2n) is 7.78. The summed E-state index contributed by atoms with van der Waals surface area (Å²) in [5, 5.41) is 3.42. The number of nitrogens with one attached hydrogen (secondary N) is 2. The number of allylic oxidation sites excluding steroid dienone is 2. The average molecular weight is 389 g/mol. The van der Waals surface area contributed by atoms with Crippen LogP contribution >= 0.6 is 0 Å². The Morgan fingerprint density at radius 3 is 2.72 bits per heavy atom. The second kappa shape index (κ2) is 6.95. The number of halogens is 1. The Morgan fingerprint density at radius 1 is 1.10 bits per heavy atom. The summed E-state index contributed by atoms with van der Waals surface area (Å²) in [6.07, 6.45) is 5.05. The smallest absolute Gasteiger partial charge is 0.258 e. The van der Waals surface area contributed by atoms with E-state index in [1.165, 1.54) is 6.07 Å². The zero-order chi connectivity index (χ0) is 20.0. The summed E-state index contributed by atoms with van der Waals surface area (Å²) in [7, 11) is 0. The summed E-state index contributed by atoms with van der Waals surface area (Å²) < 4.78 is 13.9. The van der Waals surface area contributed by atoms with E-state index in [1.807, 2.05) is 12.1 Å². The number of H-pyrrole nitrogens is 1. The van der Waals surface area contributed by atoms with Crippen LogP contribution in [-0.2, 0) is 11.3 Å². The van der Waals surface area contributed by atoms with Crippen molar-refractivity contribution in [2.24, 2.45) is 17.8 Å². The Kier molecular flexibility index (Phi) is 4.27. The van der Waals surface area contributed by atoms with Gasteiger partial charge in [0, 0.05) is 18.0 Å². The van der Waals surface area contributed by atoms with E-state index >= 15 is 0 Å². The fraction of sp³-hybridized carbons (Fsp3) is 0.261. The van der Waals surface area contributed by atoms with Crippen LogP contribution in [0, 0.1) is 23.6 Å². The summed E-state index contributed by atoms with van der Waals surface area (Å²) in [6, 6.07) is 13.6. The van der Waals surface area contributed by atoms with Crippen LogP contribution < -0.4 is 10.9 Å². The molecule has 1 saturated carbocycles. The van der Waals surface area contributed by atoms with Gasteiger partial charge in [-0.3, -0.25) is 9.59 Å². The molecule has 1 heterocycles. The molecular weight excluding hydrogens is 369 g/mol. The van der Waals surface area contributed by atoms with Crippen molar-refractivity contribution in [1.82, 2.24) is 15.3 Å². The molecule has 29 heavy (non-hydrogen) atoms. The first-order valence-electron chi connectivity index (χ1n) is 9.80. The molecule has 0 aliphatic heterocycles. The topological polar surface area (TPSA) is 74.8 Å². The number of para-hydroxylation sites is 1. The number of hydrogen-bond acceptors (Lipinski definition) is 3. The Labute approximate surface area is 166 Å². The first-order valence-corrected chi connectivity index (χ1v) is 9.80. The van der Waals surface area contributed by atoms with Crippen molar-refractivity contribution < 1.29 is 9.18 Å². The normalized spacial score (nSPS) is 24.9. The van der Waals surface area contributed by atoms with Gasteiger partial charge in [-0.25, -0.2) is 9.37 Å². The van der Waals surface area contributed by atoms with Gasteiger partial charge >= 0.3 is 0 Å². The lowest BCUT2D eigenvalue weighted by Gasteiger charge is -2.26. The van der Waals surface area contributed by atoms with E-state index in [0.29, 0.717) is 22.3 Å². The number of aromatic amines is 1. The maximum atomic E-state index is 13.9. The fourth-order valence-corrected chi connectivity index (χ4v) is 4.76. The zero-order valence-electron chi connectivity index (χ0n) is 15.6. The highest BCUT2D eigenvalue weighted by Gasteiger charge is 2.49. The minimum absolute atomic E-state index is 0.0994. The molecule has 1 aromatic heterocycles. The third-order valence-electron chi connectivity index (χ3n) is 6.12. The maximum Gasteiger partial charge on any atom is 0.258 e. The largest absolute Gasteiger partial charge is 0.352 e. The molecule has 0 spiro atoms. The van der Waals surface area contributed by atoms with Crippen molar-refractivity contribution in [3.05, 3.63) is 88.2 Å². The Balaban J connectivity index is 1.45. The van der Waals surface area contributed by atoms with Gasteiger partial charge in [0.25, 0.3) is 5.56 Å². The van der Waals surface area contributed by atoms with Crippen LogP contribution in [0.1, 0.15) is 23.7 Å². The molecule has 1 fully saturated rings. The van der Waals surface area contributed by atoms with Crippen LogP contribution in [0.2, 0.25) is 0 Å². The molecule has 3 aromatic rings. The molecule has 2 bridgehead atoms. The van der Waals surface area contributed by atoms with Gasteiger partial charge in [0.15, 0.2) is 0 Å². The molecule has 1 amide bonds. The molecule has 0 radical (unpaired) electrons. The molecule has 2 aromatic carbocycles. The SMILES string of the molecule is O=C(NCc1ccccc1F)[C@@H]1[C@@H](c2nc3ccccc3c(=O)[nH]2)[C@@H]2C=C[C@@H]1C2. The predicted molar refractivity (Wildman–Crippen MR) is 108 cm³/mol. The Bertz CT molecular complexity index is 1190. The molecule has 5 rings (SSSR count). The molecule has 2 aliphatic carbocycles. The lowest BCUT2D eigenvalue weighted by molar-refractivity contribution is -0.126. The number of carbonyl (C=O) groups excluding carboxylic acids is 1. The van der Waals surface area contributed by atoms with E-state index in [4.69, 9.17) is 0 Å². The van der Waals surface area contributed by atoms with Crippen molar-refractivity contribution in [1.29, 1.82) is 0 Å². The van der Waals surface area contributed by atoms with Crippen LogP contribution in [-0.4, -0.2) is 15.9 Å². The number of amides is 1. The molecule has 146 valence electrons. The van der Waals surface area contributed by atoms with Crippen LogP contribution in [0.25, 0.3) is 10.9 Å². The molecule has 2 aliphatic rings. The van der Waals surface area contributed by atoms with Crippen LogP contribution in [0.4, 0.5) is 4.39 Å². The third-order valence-corrected chi connectivity index (χ3v) is 6.12. The molecule has 5 nitrogen and oxygen atoms in total. The van der Waals surface area contributed by atoms with Crippen LogP contribution in [0.5, 0.6) is 0 Å². The first-order chi connectivity index (χ1) is 14.1. The number of carbonyl (C=O) groups is 1. The quantitative estimate of drug-likeness (QED) is 0.673. The number of fused-ring (bicyclic) bond motifs is 3. The van der Waals surface area contributed by atoms with E-state index in [1.54, 1.807) is 30.3 Å². The number of benzene rings is 2. The van der Waals surface area contributed by atoms with Gasteiger partial charge in [-0.05, 0) is 36.5 Å². The molecule has 0 saturated heterocycles. The first kappa shape index (κ1) is 17.8. The Hall–Kier alpha value is -3.28. The monoisotopic (exact) mass is 389 g/mol. The summed E-state index contributed by atoms with van der Waals surface area (Å²) >= 11 is 0. The molecule has 6 heteroatoms. The Morgan fingerprint density at radius 2 is 1.86 bits per heavy atom. The van der Waals surface area contributed by atoms with Crippen molar-refractivity contribution in [3.8, 4) is 0 Å². The van der Waals surface area contributed by atoms with E-state index in [2.05, 4.69) is 27.4 Å². The predicted octanol–water partition coefficient (Wildman–Crippen LogP) is 3.28. The van der Waals surface area contributed by atoms with Crippen LogP contribution in [0.3, 0.4) is 0 Å². The van der Waals surface area contributed by atoms with E-state index in [-0.39, 0.29) is 47.5 Å². The van der Waals surface area contributed by atoms with Gasteiger partial charge in [-0.1, -0.05) is 42.5 Å². The number of hydrogen-bond donors (Lipinski definition) is 2. The summed E-state index contributed by atoms with van der Waals surface area (Å²) in [4.78, 5) is 33.2. The van der Waals surface area contributed by atoms with Gasteiger partial charge in [-0.2, -0.15) is 0 Å². The number of aromatic nitrogens is 2. The lowest BCUT2D eigenvalue weighted by atomic mass is 9.81. The van der Waals surface area contributed by atoms with Gasteiger partial charge < -0.3 is 10.3 Å². The van der Waals surface area contributed by atoms with Crippen molar-refractivity contribution >= 4 is 16.8 Å². The van der Waals surface area contributed by atoms with E-state index < -0.39 is 0 Å². The minimum atomic E-state index is -0.335. The lowest BCUT2D eigenvalue weighted by Crippen LogP contribution is -2.37. The molecule has 2 N–H and O–H groups in total. The standard InChI is InChI=1S/C23H20FN3O2/c24-17-7-3-1-5-15(17)12-25-23(29)20-14-10-9-13(11-14)19(20)21-26-18-8-4-2-6-16(18)22(28)27-21/h1-10,13-14,19-20H,11-12H2,(H,25,29)(H,26,27,28)/t13-,14-,19+,20+/m1/s1. The highest BCUT2D eigenvalue weighted by Crippen LogP contribution is 2.52. The van der Waals surface area contributed by atoms with Gasteiger partial charge in [0.05, 0.1) is 16.8 Å². The van der Waals surface area contributed by atoms with Gasteiger partial charge in [0.1, 0.15) is 11.6 Å². The van der Waals surface area contributed by atoms with Gasteiger partial charge in [0.2, 0.25) is 5.91 Å². The highest BCUT2D eigenvalue weighted by atomic mass is 19.1. The maximum absolute atomic E-state index is 13.9. The van der Waals surface area contributed by atoms with Crippen molar-refractivity contribution in [3.63, 3.8) is 0 Å². The summed E-state index contributed by atoms with van der Waals surface area (Å²) in [6.45, 7) is 0.136. The van der Waals surface area contributed by atoms with Crippen molar-refractivity contribution in [2.75, 3.05) is 0 Å². The van der Waals surface area contributed by atoms with Crippen LogP contribution in [0.15, 0.2) is 65.5 Å². The third kappa shape index (κ3) is 3.05.